The minimum absolute atomic E-state index is 0.0489. The van der Waals surface area contributed by atoms with Crippen LogP contribution in [0.15, 0.2) is 30.6 Å². The summed E-state index contributed by atoms with van der Waals surface area (Å²) in [5, 5.41) is 15.8. The van der Waals surface area contributed by atoms with Crippen molar-refractivity contribution >= 4 is 46.1 Å². The van der Waals surface area contributed by atoms with E-state index in [9.17, 15) is 14.4 Å². The number of aromatic nitrogens is 4. The zero-order valence-electron chi connectivity index (χ0n) is 18.4. The summed E-state index contributed by atoms with van der Waals surface area (Å²) in [6.45, 7) is 1.91. The van der Waals surface area contributed by atoms with Gasteiger partial charge in [0, 0.05) is 29.7 Å². The molecule has 3 amide bonds. The maximum Gasteiger partial charge on any atom is 0.410 e. The summed E-state index contributed by atoms with van der Waals surface area (Å²) in [5.41, 5.74) is 2.10. The van der Waals surface area contributed by atoms with E-state index in [1.807, 2.05) is 15.6 Å². The van der Waals surface area contributed by atoms with Crippen LogP contribution in [-0.4, -0.2) is 80.5 Å². The van der Waals surface area contributed by atoms with Crippen molar-refractivity contribution in [1.29, 1.82) is 0 Å². The number of H-pyrrole nitrogens is 1. The monoisotopic (exact) mass is 485 g/mol. The van der Waals surface area contributed by atoms with Gasteiger partial charge in [0.25, 0.3) is 0 Å². The van der Waals surface area contributed by atoms with Gasteiger partial charge in [-0.15, -0.1) is 0 Å². The fourth-order valence-corrected chi connectivity index (χ4v) is 4.53. The quantitative estimate of drug-likeness (QED) is 0.551. The van der Waals surface area contributed by atoms with E-state index in [-0.39, 0.29) is 30.8 Å². The van der Waals surface area contributed by atoms with Crippen molar-refractivity contribution in [1.82, 2.24) is 29.8 Å². The highest BCUT2D eigenvalue weighted by Crippen LogP contribution is 2.25. The topological polar surface area (TPSA) is 125 Å². The minimum Gasteiger partial charge on any atom is -0.448 e. The lowest BCUT2D eigenvalue weighted by atomic mass is 10.0. The molecule has 0 radical (unpaired) electrons. The summed E-state index contributed by atoms with van der Waals surface area (Å²) >= 11 is 6.01. The number of cyclic esters (lactones) is 1. The molecule has 2 aliphatic rings. The summed E-state index contributed by atoms with van der Waals surface area (Å²) in [6, 6.07) is 5.58. The number of carbonyl (C=O) groups is 3. The molecule has 2 aromatic heterocycles. The Hall–Kier alpha value is -3.60. The number of carbonyl (C=O) groups excluding carboxylic acids is 3. The lowest BCUT2D eigenvalue weighted by Gasteiger charge is -2.32. The van der Waals surface area contributed by atoms with Crippen molar-refractivity contribution in [3.63, 3.8) is 0 Å². The van der Waals surface area contributed by atoms with Gasteiger partial charge in [-0.2, -0.15) is 10.2 Å². The highest BCUT2D eigenvalue weighted by atomic mass is 35.5. The van der Waals surface area contributed by atoms with E-state index in [2.05, 4.69) is 20.6 Å². The molecule has 2 aliphatic heterocycles. The number of hydrogen-bond donors (Lipinski definition) is 2. The molecule has 12 heteroatoms. The number of rotatable bonds is 6. The van der Waals surface area contributed by atoms with Crippen LogP contribution in [0.25, 0.3) is 10.9 Å². The summed E-state index contributed by atoms with van der Waals surface area (Å²) in [7, 11) is 0. The zero-order valence-corrected chi connectivity index (χ0v) is 19.1. The van der Waals surface area contributed by atoms with Crippen LogP contribution in [0, 0.1) is 0 Å². The van der Waals surface area contributed by atoms with E-state index in [0.717, 1.165) is 29.4 Å². The molecule has 2 fully saturated rings. The molecule has 0 aliphatic carbocycles. The first-order chi connectivity index (χ1) is 16.5. The SMILES string of the molecule is O=C(CN1CCOC1=O)Nc1cnn(C2CCN(C(=O)Cc3[nH]nc4cc(Cl)ccc34)CC2)c1. The first kappa shape index (κ1) is 22.2. The minimum atomic E-state index is -0.475. The molecular formula is C22H24ClN7O4. The smallest absolute Gasteiger partial charge is 0.410 e. The van der Waals surface area contributed by atoms with Gasteiger partial charge >= 0.3 is 6.09 Å². The molecule has 0 spiro atoms. The van der Waals surface area contributed by atoms with Gasteiger partial charge in [-0.1, -0.05) is 11.6 Å². The van der Waals surface area contributed by atoms with Crippen LogP contribution >= 0.6 is 11.6 Å². The van der Waals surface area contributed by atoms with E-state index in [1.165, 1.54) is 4.90 Å². The first-order valence-electron chi connectivity index (χ1n) is 11.1. The Balaban J connectivity index is 1.12. The average Bonchev–Trinajstić information content (AvgIpc) is 3.55. The lowest BCUT2D eigenvalue weighted by Crippen LogP contribution is -2.40. The number of fused-ring (bicyclic) bond motifs is 1. The Morgan fingerprint density at radius 1 is 1.24 bits per heavy atom. The van der Waals surface area contributed by atoms with Crippen molar-refractivity contribution in [2.75, 3.05) is 38.1 Å². The van der Waals surface area contributed by atoms with Gasteiger partial charge in [-0.05, 0) is 31.0 Å². The number of anilines is 1. The van der Waals surface area contributed by atoms with Crippen LogP contribution < -0.4 is 5.32 Å². The van der Waals surface area contributed by atoms with Gasteiger partial charge in [-0.25, -0.2) is 4.79 Å². The molecular weight excluding hydrogens is 462 g/mol. The third-order valence-electron chi connectivity index (χ3n) is 6.18. The van der Waals surface area contributed by atoms with Crippen molar-refractivity contribution in [3.8, 4) is 0 Å². The molecule has 2 N–H and O–H groups in total. The summed E-state index contributed by atoms with van der Waals surface area (Å²) < 4.78 is 6.66. The summed E-state index contributed by atoms with van der Waals surface area (Å²) in [5.74, 6) is -0.250. The number of piperidine rings is 1. The van der Waals surface area contributed by atoms with Gasteiger partial charge in [-0.3, -0.25) is 24.3 Å². The fraction of sp³-hybridized carbons (Fsp3) is 0.409. The van der Waals surface area contributed by atoms with Crippen LogP contribution in [0.4, 0.5) is 10.5 Å². The van der Waals surface area contributed by atoms with Crippen LogP contribution in [0.3, 0.4) is 0 Å². The van der Waals surface area contributed by atoms with Crippen LogP contribution in [0.1, 0.15) is 24.6 Å². The molecule has 0 bridgehead atoms. The number of benzene rings is 1. The van der Waals surface area contributed by atoms with E-state index in [4.69, 9.17) is 16.3 Å². The third-order valence-corrected chi connectivity index (χ3v) is 6.42. The second-order valence-corrected chi connectivity index (χ2v) is 8.88. The Morgan fingerprint density at radius 2 is 2.06 bits per heavy atom. The van der Waals surface area contributed by atoms with E-state index < -0.39 is 6.09 Å². The predicted molar refractivity (Wildman–Crippen MR) is 123 cm³/mol. The molecule has 11 nitrogen and oxygen atoms in total. The highest BCUT2D eigenvalue weighted by Gasteiger charge is 2.26. The van der Waals surface area contributed by atoms with Gasteiger partial charge in [0.1, 0.15) is 13.2 Å². The molecule has 5 rings (SSSR count). The highest BCUT2D eigenvalue weighted by molar-refractivity contribution is 6.31. The van der Waals surface area contributed by atoms with Crippen molar-refractivity contribution < 1.29 is 19.1 Å². The Morgan fingerprint density at radius 3 is 2.82 bits per heavy atom. The molecule has 178 valence electrons. The van der Waals surface area contributed by atoms with Crippen molar-refractivity contribution in [2.24, 2.45) is 0 Å². The molecule has 34 heavy (non-hydrogen) atoms. The molecule has 1 aromatic carbocycles. The number of ether oxygens (including phenoxy) is 1. The first-order valence-corrected chi connectivity index (χ1v) is 11.5. The molecule has 4 heterocycles. The van der Waals surface area contributed by atoms with Crippen LogP contribution in [0.5, 0.6) is 0 Å². The number of hydrogen-bond acceptors (Lipinski definition) is 6. The third kappa shape index (κ3) is 4.69. The number of nitrogens with zero attached hydrogens (tertiary/aromatic N) is 5. The Labute approximate surface area is 200 Å². The van der Waals surface area contributed by atoms with Gasteiger partial charge in [0.15, 0.2) is 0 Å². The summed E-state index contributed by atoms with van der Waals surface area (Å²) in [6.07, 6.45) is 4.68. The van der Waals surface area contributed by atoms with Crippen LogP contribution in [0.2, 0.25) is 5.02 Å². The van der Waals surface area contributed by atoms with Crippen LogP contribution in [-0.2, 0) is 20.7 Å². The van der Waals surface area contributed by atoms with Gasteiger partial charge in [0.05, 0.1) is 42.1 Å². The Kier molecular flexibility index (Phi) is 6.10. The fourth-order valence-electron chi connectivity index (χ4n) is 4.36. The molecule has 0 saturated carbocycles. The normalized spacial score (nSPS) is 16.8. The maximum absolute atomic E-state index is 12.9. The number of amides is 3. The van der Waals surface area contributed by atoms with E-state index in [1.54, 1.807) is 24.5 Å². The molecule has 0 unspecified atom stereocenters. The van der Waals surface area contributed by atoms with Crippen molar-refractivity contribution in [3.05, 3.63) is 41.3 Å². The Bertz CT molecular complexity index is 1230. The lowest BCUT2D eigenvalue weighted by molar-refractivity contribution is -0.131. The standard InChI is InChI=1S/C22H24ClN7O4/c23-14-1-2-17-18(9-14)26-27-19(17)10-21(32)28-5-3-16(4-6-28)30-12-15(11-24-30)25-20(31)13-29-7-8-34-22(29)33/h1-2,9,11-12,16H,3-8,10,13H2,(H,25,31)(H,26,27). The maximum atomic E-state index is 12.9. The number of nitrogens with one attached hydrogen (secondary N) is 2. The molecule has 2 saturated heterocycles. The number of aromatic amines is 1. The summed E-state index contributed by atoms with van der Waals surface area (Å²) in [4.78, 5) is 39.7. The van der Waals surface area contributed by atoms with E-state index in [0.29, 0.717) is 37.0 Å². The second-order valence-electron chi connectivity index (χ2n) is 8.45. The van der Waals surface area contributed by atoms with Gasteiger partial charge < -0.3 is 15.0 Å². The largest absolute Gasteiger partial charge is 0.448 e. The van der Waals surface area contributed by atoms with Crippen molar-refractivity contribution in [2.45, 2.75) is 25.3 Å². The number of halogens is 1. The zero-order chi connectivity index (χ0) is 23.7. The predicted octanol–water partition coefficient (Wildman–Crippen LogP) is 2.21. The molecule has 0 atom stereocenters. The van der Waals surface area contributed by atoms with E-state index >= 15 is 0 Å². The second kappa shape index (κ2) is 9.34. The number of likely N-dealkylation sites (tertiary alicyclic amines) is 1. The van der Waals surface area contributed by atoms with Gasteiger partial charge in [0.2, 0.25) is 11.8 Å². The average molecular weight is 486 g/mol. The molecule has 3 aromatic rings.